The van der Waals surface area contributed by atoms with E-state index in [0.29, 0.717) is 22.3 Å². The van der Waals surface area contributed by atoms with Crippen molar-refractivity contribution in [3.63, 3.8) is 0 Å². The number of hydrogen-bond donors (Lipinski definition) is 1. The molecular formula is C24H22N4O4. The third-order valence-corrected chi connectivity index (χ3v) is 4.63. The molecule has 2 heterocycles. The Morgan fingerprint density at radius 1 is 1.03 bits per heavy atom. The van der Waals surface area contributed by atoms with Crippen molar-refractivity contribution >= 4 is 40.6 Å². The van der Waals surface area contributed by atoms with E-state index in [1.54, 1.807) is 69.3 Å². The first kappa shape index (κ1) is 21.0. The number of benzene rings is 2. The van der Waals surface area contributed by atoms with Gasteiger partial charge in [-0.15, -0.1) is 0 Å². The summed E-state index contributed by atoms with van der Waals surface area (Å²) in [6.07, 6.45) is 3.64. The number of rotatable bonds is 2. The maximum absolute atomic E-state index is 13.2. The molecule has 0 fully saturated rings. The van der Waals surface area contributed by atoms with Crippen LogP contribution in [-0.4, -0.2) is 33.3 Å². The molecule has 0 spiro atoms. The largest absolute Gasteiger partial charge is 0.442 e. The summed E-state index contributed by atoms with van der Waals surface area (Å²) < 4.78 is 6.59. The molecule has 2 amide bonds. The van der Waals surface area contributed by atoms with Crippen LogP contribution in [-0.2, 0) is 14.3 Å². The van der Waals surface area contributed by atoms with Gasteiger partial charge in [-0.05, 0) is 45.0 Å². The highest BCUT2D eigenvalue weighted by Crippen LogP contribution is 2.24. The Bertz CT molecular complexity index is 1270. The van der Waals surface area contributed by atoms with E-state index in [0.717, 1.165) is 4.68 Å². The average Bonchev–Trinajstić information content (AvgIpc) is 3.06. The molecule has 162 valence electrons. The third kappa shape index (κ3) is 4.15. The molecule has 0 saturated heterocycles. The molecule has 1 aliphatic heterocycles. The number of ether oxygens (including phenoxy) is 1. The van der Waals surface area contributed by atoms with Gasteiger partial charge in [0, 0.05) is 23.5 Å². The first-order chi connectivity index (χ1) is 15.2. The molecule has 4 rings (SSSR count). The summed E-state index contributed by atoms with van der Waals surface area (Å²) in [5, 5.41) is 7.54. The Hall–Kier alpha value is -4.20. The number of amides is 2. The molecule has 1 aromatic heterocycles. The molecule has 2 aromatic carbocycles. The molecule has 0 bridgehead atoms. The van der Waals surface area contributed by atoms with Crippen LogP contribution in [0.3, 0.4) is 0 Å². The minimum Gasteiger partial charge on any atom is -0.442 e. The van der Waals surface area contributed by atoms with Crippen molar-refractivity contribution in [1.29, 1.82) is 0 Å². The minimum absolute atomic E-state index is 0.113. The van der Waals surface area contributed by atoms with Crippen molar-refractivity contribution in [2.45, 2.75) is 26.4 Å². The normalized spacial score (nSPS) is 15.7. The molecule has 0 atom stereocenters. The zero-order valence-electron chi connectivity index (χ0n) is 17.9. The summed E-state index contributed by atoms with van der Waals surface area (Å²) in [5.74, 6) is -1.08. The Kier molecular flexibility index (Phi) is 5.36. The lowest BCUT2D eigenvalue weighted by atomic mass is 10.1. The number of anilines is 1. The maximum Gasteiger partial charge on any atom is 0.435 e. The van der Waals surface area contributed by atoms with Crippen LogP contribution in [0.5, 0.6) is 0 Å². The number of nitrogens with one attached hydrogen (secondary N) is 1. The molecule has 3 aromatic rings. The molecule has 8 heteroatoms. The van der Waals surface area contributed by atoms with E-state index in [1.807, 2.05) is 6.07 Å². The summed E-state index contributed by atoms with van der Waals surface area (Å²) in [6, 6.07) is 16.0. The van der Waals surface area contributed by atoms with Gasteiger partial charge in [0.2, 0.25) is 0 Å². The number of para-hydroxylation sites is 2. The Morgan fingerprint density at radius 3 is 2.44 bits per heavy atom. The number of nitrogens with zero attached hydrogens (tertiary/aromatic N) is 3. The third-order valence-electron chi connectivity index (χ3n) is 4.63. The van der Waals surface area contributed by atoms with Gasteiger partial charge in [-0.1, -0.05) is 36.4 Å². The second-order valence-electron chi connectivity index (χ2n) is 8.15. The van der Waals surface area contributed by atoms with Gasteiger partial charge in [-0.2, -0.15) is 9.78 Å². The topological polar surface area (TPSA) is 93.5 Å². The van der Waals surface area contributed by atoms with Crippen LogP contribution in [0.1, 0.15) is 26.5 Å². The van der Waals surface area contributed by atoms with Crippen molar-refractivity contribution in [3.8, 4) is 0 Å². The highest BCUT2D eigenvalue weighted by atomic mass is 16.6. The quantitative estimate of drug-likeness (QED) is 0.493. The van der Waals surface area contributed by atoms with Crippen molar-refractivity contribution in [2.24, 2.45) is 0 Å². The first-order valence-electron chi connectivity index (χ1n) is 10.0. The van der Waals surface area contributed by atoms with Crippen molar-refractivity contribution in [2.75, 3.05) is 4.90 Å². The number of carbonyl (C=O) groups excluding carboxylic acids is 3. The summed E-state index contributed by atoms with van der Waals surface area (Å²) in [5.41, 5.74) is 0.605. The lowest BCUT2D eigenvalue weighted by molar-refractivity contribution is -0.121. The highest BCUT2D eigenvalue weighted by Gasteiger charge is 2.28. The first-order valence-corrected chi connectivity index (χ1v) is 10.0. The summed E-state index contributed by atoms with van der Waals surface area (Å²) in [4.78, 5) is 40.0. The minimum atomic E-state index is -0.707. The molecular weight excluding hydrogens is 408 g/mol. The van der Waals surface area contributed by atoms with Crippen LogP contribution in [0, 0.1) is 0 Å². The molecule has 32 heavy (non-hydrogen) atoms. The van der Waals surface area contributed by atoms with Gasteiger partial charge in [0.05, 0.1) is 11.2 Å². The fourth-order valence-corrected chi connectivity index (χ4v) is 3.26. The Morgan fingerprint density at radius 2 is 1.72 bits per heavy atom. The Balaban J connectivity index is 1.80. The second-order valence-corrected chi connectivity index (χ2v) is 8.15. The predicted molar refractivity (Wildman–Crippen MR) is 121 cm³/mol. The van der Waals surface area contributed by atoms with Gasteiger partial charge >= 0.3 is 6.09 Å². The molecule has 0 saturated carbocycles. The molecule has 8 nitrogen and oxygen atoms in total. The fraction of sp³-hybridized carbons (Fsp3) is 0.167. The van der Waals surface area contributed by atoms with Crippen LogP contribution in [0.4, 0.5) is 10.5 Å². The molecule has 0 unspecified atom stereocenters. The standard InChI is InChI=1S/C24H22N4O4/c1-24(2,3)32-23(31)28-20-12-8-7-11-17(20)19(26-28)15-18-21(29)25-13-14-27(22(18)30)16-9-5-4-6-10-16/h4-15H,1-3H3,(H,25,29). The van der Waals surface area contributed by atoms with Gasteiger partial charge in [0.15, 0.2) is 0 Å². The summed E-state index contributed by atoms with van der Waals surface area (Å²) >= 11 is 0. The fourth-order valence-electron chi connectivity index (χ4n) is 3.26. The molecule has 0 radical (unpaired) electrons. The zero-order valence-corrected chi connectivity index (χ0v) is 17.9. The number of hydrogen-bond acceptors (Lipinski definition) is 5. The van der Waals surface area contributed by atoms with Crippen LogP contribution in [0.15, 0.2) is 72.6 Å². The van der Waals surface area contributed by atoms with Gasteiger partial charge in [-0.25, -0.2) is 4.79 Å². The van der Waals surface area contributed by atoms with Crippen molar-refractivity contribution < 1.29 is 19.1 Å². The van der Waals surface area contributed by atoms with Gasteiger partial charge in [0.1, 0.15) is 11.2 Å². The molecule has 1 aliphatic rings. The van der Waals surface area contributed by atoms with E-state index in [4.69, 9.17) is 4.74 Å². The van der Waals surface area contributed by atoms with E-state index in [2.05, 4.69) is 10.4 Å². The highest BCUT2D eigenvalue weighted by molar-refractivity contribution is 6.28. The number of aromatic nitrogens is 2. The SMILES string of the molecule is CC(C)(C)OC(=O)n1nc(C=C2C(=O)NC=CN(c3ccccc3)C2=O)c2ccccc21. The maximum atomic E-state index is 13.2. The molecule has 0 aliphatic carbocycles. The van der Waals surface area contributed by atoms with Gasteiger partial charge < -0.3 is 10.1 Å². The van der Waals surface area contributed by atoms with Crippen molar-refractivity contribution in [3.05, 3.63) is 78.3 Å². The van der Waals surface area contributed by atoms with Crippen LogP contribution in [0.2, 0.25) is 0 Å². The zero-order chi connectivity index (χ0) is 22.9. The van der Waals surface area contributed by atoms with Gasteiger partial charge in [0.25, 0.3) is 11.8 Å². The van der Waals surface area contributed by atoms with E-state index >= 15 is 0 Å². The lowest BCUT2D eigenvalue weighted by Crippen LogP contribution is -2.30. The van der Waals surface area contributed by atoms with Crippen LogP contribution in [0.25, 0.3) is 17.0 Å². The smallest absolute Gasteiger partial charge is 0.435 e. The van der Waals surface area contributed by atoms with Crippen LogP contribution < -0.4 is 10.2 Å². The van der Waals surface area contributed by atoms with E-state index < -0.39 is 23.5 Å². The monoisotopic (exact) mass is 430 g/mol. The van der Waals surface area contributed by atoms with Crippen molar-refractivity contribution in [1.82, 2.24) is 15.1 Å². The van der Waals surface area contributed by atoms with E-state index in [-0.39, 0.29) is 5.57 Å². The van der Waals surface area contributed by atoms with Crippen LogP contribution >= 0.6 is 0 Å². The van der Waals surface area contributed by atoms with Gasteiger partial charge in [-0.3, -0.25) is 14.5 Å². The second kappa shape index (κ2) is 8.14. The molecule has 1 N–H and O–H groups in total. The predicted octanol–water partition coefficient (Wildman–Crippen LogP) is 3.84. The summed E-state index contributed by atoms with van der Waals surface area (Å²) in [6.45, 7) is 5.29. The number of fused-ring (bicyclic) bond motifs is 1. The summed E-state index contributed by atoms with van der Waals surface area (Å²) in [7, 11) is 0. The van der Waals surface area contributed by atoms with E-state index in [1.165, 1.54) is 23.4 Å². The van der Waals surface area contributed by atoms with E-state index in [9.17, 15) is 14.4 Å². The Labute approximate surface area is 184 Å². The lowest BCUT2D eigenvalue weighted by Gasteiger charge is -2.19. The number of carbonyl (C=O) groups is 3. The average molecular weight is 430 g/mol.